The Morgan fingerprint density at radius 2 is 1.71 bits per heavy atom. The smallest absolute Gasteiger partial charge is 0.213 e. The molecule has 0 amide bonds. The molecule has 6 rings (SSSR count). The summed E-state index contributed by atoms with van der Waals surface area (Å²) in [6.07, 6.45) is 1.52. The zero-order valence-electron chi connectivity index (χ0n) is 19.0. The first kappa shape index (κ1) is 21.4. The molecule has 4 aromatic rings. The monoisotopic (exact) mass is 481 g/mol. The summed E-state index contributed by atoms with van der Waals surface area (Å²) in [4.78, 5) is 7.26. The maximum atomic E-state index is 6.30. The van der Waals surface area contributed by atoms with Crippen LogP contribution in [0, 0.1) is 0 Å². The molecule has 10 heteroatoms. The van der Waals surface area contributed by atoms with Crippen LogP contribution >= 0.6 is 11.6 Å². The first-order valence-electron chi connectivity index (χ1n) is 11.2. The fourth-order valence-electron chi connectivity index (χ4n) is 4.80. The fraction of sp³-hybridized carbons (Fsp3) is 0.375. The standard InChI is InChI=1S/C24H24ClN5O4/c1-31-19-6-3-15(13-20(19)32-2)21-27-28-22-17-5-4-16(25)14-18(17)26-23(30(21)22)29-9-7-24(8-10-29)33-11-12-34-24/h3-6,13-14H,7-12H2,1-2H3. The van der Waals surface area contributed by atoms with E-state index >= 15 is 0 Å². The lowest BCUT2D eigenvalue weighted by molar-refractivity contribution is -0.169. The zero-order chi connectivity index (χ0) is 23.3. The zero-order valence-corrected chi connectivity index (χ0v) is 19.7. The van der Waals surface area contributed by atoms with Crippen LogP contribution in [-0.2, 0) is 9.47 Å². The summed E-state index contributed by atoms with van der Waals surface area (Å²) in [5.41, 5.74) is 2.34. The minimum absolute atomic E-state index is 0.477. The van der Waals surface area contributed by atoms with Gasteiger partial charge in [-0.3, -0.25) is 0 Å². The highest BCUT2D eigenvalue weighted by Gasteiger charge is 2.40. The first-order valence-corrected chi connectivity index (χ1v) is 11.6. The van der Waals surface area contributed by atoms with Crippen LogP contribution in [0.3, 0.4) is 0 Å². The molecule has 0 unspecified atom stereocenters. The lowest BCUT2D eigenvalue weighted by Gasteiger charge is -2.38. The summed E-state index contributed by atoms with van der Waals surface area (Å²) in [7, 11) is 3.23. The topological polar surface area (TPSA) is 83.2 Å². The molecule has 0 bridgehead atoms. The van der Waals surface area contributed by atoms with Gasteiger partial charge >= 0.3 is 0 Å². The van der Waals surface area contributed by atoms with E-state index in [2.05, 4.69) is 15.1 Å². The number of fused-ring (bicyclic) bond motifs is 3. The summed E-state index contributed by atoms with van der Waals surface area (Å²) in [5, 5.41) is 10.6. The number of hydrogen-bond donors (Lipinski definition) is 0. The van der Waals surface area contributed by atoms with Crippen LogP contribution < -0.4 is 14.4 Å². The van der Waals surface area contributed by atoms with Crippen molar-refractivity contribution in [1.82, 2.24) is 19.6 Å². The molecule has 34 heavy (non-hydrogen) atoms. The molecule has 0 aliphatic carbocycles. The fourth-order valence-corrected chi connectivity index (χ4v) is 4.97. The van der Waals surface area contributed by atoms with Gasteiger partial charge in [0.25, 0.3) is 0 Å². The Hall–Kier alpha value is -3.14. The van der Waals surface area contributed by atoms with Crippen molar-refractivity contribution in [3.05, 3.63) is 41.4 Å². The van der Waals surface area contributed by atoms with Gasteiger partial charge in [-0.1, -0.05) is 11.6 Å². The summed E-state index contributed by atoms with van der Waals surface area (Å²) in [6, 6.07) is 11.3. The van der Waals surface area contributed by atoms with Crippen molar-refractivity contribution in [3.63, 3.8) is 0 Å². The molecule has 0 radical (unpaired) electrons. The van der Waals surface area contributed by atoms with E-state index in [-0.39, 0.29) is 0 Å². The van der Waals surface area contributed by atoms with Crippen molar-refractivity contribution >= 4 is 34.1 Å². The minimum Gasteiger partial charge on any atom is -0.493 e. The third-order valence-corrected chi connectivity index (χ3v) is 6.78. The molecule has 2 saturated heterocycles. The number of methoxy groups -OCH3 is 2. The summed E-state index contributed by atoms with van der Waals surface area (Å²) < 4.78 is 24.8. The molecule has 0 saturated carbocycles. The highest BCUT2D eigenvalue weighted by Crippen LogP contribution is 2.37. The highest BCUT2D eigenvalue weighted by atomic mass is 35.5. The molecule has 2 fully saturated rings. The minimum atomic E-state index is -0.477. The van der Waals surface area contributed by atoms with Crippen molar-refractivity contribution in [2.75, 3.05) is 45.4 Å². The van der Waals surface area contributed by atoms with E-state index in [0.29, 0.717) is 35.6 Å². The van der Waals surface area contributed by atoms with E-state index in [1.54, 1.807) is 14.2 Å². The number of piperidine rings is 1. The molecule has 9 nitrogen and oxygen atoms in total. The molecule has 0 atom stereocenters. The van der Waals surface area contributed by atoms with Gasteiger partial charge in [0.15, 0.2) is 28.8 Å². The Bertz CT molecular complexity index is 1380. The molecule has 0 N–H and O–H groups in total. The van der Waals surface area contributed by atoms with Gasteiger partial charge in [-0.15, -0.1) is 10.2 Å². The SMILES string of the molecule is COc1ccc(-c2nnc3c4ccc(Cl)cc4nc(N4CCC5(CC4)OCCO5)n23)cc1OC. The van der Waals surface area contributed by atoms with Gasteiger partial charge in [0.05, 0.1) is 33.0 Å². The number of benzene rings is 2. The first-order chi connectivity index (χ1) is 16.6. The third-order valence-electron chi connectivity index (χ3n) is 6.55. The summed E-state index contributed by atoms with van der Waals surface area (Å²) >= 11 is 6.30. The predicted molar refractivity (Wildman–Crippen MR) is 128 cm³/mol. The van der Waals surface area contributed by atoms with Crippen LogP contribution in [0.4, 0.5) is 5.95 Å². The molecule has 2 aromatic carbocycles. The Labute approximate surface area is 201 Å². The van der Waals surface area contributed by atoms with Crippen LogP contribution in [0.25, 0.3) is 27.9 Å². The number of anilines is 1. The van der Waals surface area contributed by atoms with Crippen LogP contribution in [0.1, 0.15) is 12.8 Å². The molecule has 2 aliphatic heterocycles. The van der Waals surface area contributed by atoms with Gasteiger partial charge in [0.2, 0.25) is 5.95 Å². The molecular formula is C24H24ClN5O4. The number of halogens is 1. The molecular weight excluding hydrogens is 458 g/mol. The van der Waals surface area contributed by atoms with Crippen LogP contribution in [0.15, 0.2) is 36.4 Å². The van der Waals surface area contributed by atoms with E-state index < -0.39 is 5.79 Å². The Morgan fingerprint density at radius 3 is 2.44 bits per heavy atom. The normalized spacial score (nSPS) is 17.7. The average Bonchev–Trinajstić information content (AvgIpc) is 3.51. The lowest BCUT2D eigenvalue weighted by atomic mass is 10.0. The van der Waals surface area contributed by atoms with Crippen molar-refractivity contribution in [3.8, 4) is 22.9 Å². The van der Waals surface area contributed by atoms with E-state index in [1.165, 1.54) is 0 Å². The van der Waals surface area contributed by atoms with Crippen molar-refractivity contribution in [1.29, 1.82) is 0 Å². The van der Waals surface area contributed by atoms with Gasteiger partial charge in [0.1, 0.15) is 0 Å². The largest absolute Gasteiger partial charge is 0.493 e. The average molecular weight is 482 g/mol. The van der Waals surface area contributed by atoms with E-state index in [0.717, 1.165) is 54.0 Å². The van der Waals surface area contributed by atoms with Crippen molar-refractivity contribution < 1.29 is 18.9 Å². The Balaban J connectivity index is 1.52. The summed E-state index contributed by atoms with van der Waals surface area (Å²) in [5.74, 6) is 2.22. The van der Waals surface area contributed by atoms with Crippen LogP contribution in [0.5, 0.6) is 11.5 Å². The predicted octanol–water partition coefficient (Wildman–Crippen LogP) is 3.96. The second-order valence-electron chi connectivity index (χ2n) is 8.42. The third kappa shape index (κ3) is 3.43. The number of rotatable bonds is 4. The van der Waals surface area contributed by atoms with Gasteiger partial charge in [-0.25, -0.2) is 9.38 Å². The van der Waals surface area contributed by atoms with E-state index in [1.807, 2.05) is 40.8 Å². The van der Waals surface area contributed by atoms with Crippen LogP contribution in [-0.4, -0.2) is 65.9 Å². The van der Waals surface area contributed by atoms with Gasteiger partial charge in [-0.05, 0) is 36.4 Å². The number of nitrogens with zero attached hydrogens (tertiary/aromatic N) is 5. The highest BCUT2D eigenvalue weighted by molar-refractivity contribution is 6.31. The maximum absolute atomic E-state index is 6.30. The van der Waals surface area contributed by atoms with Crippen molar-refractivity contribution in [2.24, 2.45) is 0 Å². The second-order valence-corrected chi connectivity index (χ2v) is 8.86. The van der Waals surface area contributed by atoms with Gasteiger partial charge in [0, 0.05) is 41.9 Å². The molecule has 176 valence electrons. The van der Waals surface area contributed by atoms with Crippen molar-refractivity contribution in [2.45, 2.75) is 18.6 Å². The quantitative estimate of drug-likeness (QED) is 0.433. The molecule has 2 aromatic heterocycles. The maximum Gasteiger partial charge on any atom is 0.213 e. The lowest BCUT2D eigenvalue weighted by Crippen LogP contribution is -2.46. The second kappa shape index (κ2) is 8.26. The molecule has 2 aliphatic rings. The van der Waals surface area contributed by atoms with E-state index in [9.17, 15) is 0 Å². The Morgan fingerprint density at radius 1 is 0.941 bits per heavy atom. The summed E-state index contributed by atoms with van der Waals surface area (Å²) in [6.45, 7) is 2.76. The van der Waals surface area contributed by atoms with Gasteiger partial charge in [-0.2, -0.15) is 0 Å². The number of hydrogen-bond acceptors (Lipinski definition) is 8. The Kier molecular flexibility index (Phi) is 5.20. The number of ether oxygens (including phenoxy) is 4. The molecule has 4 heterocycles. The van der Waals surface area contributed by atoms with Crippen LogP contribution in [0.2, 0.25) is 5.02 Å². The van der Waals surface area contributed by atoms with E-state index in [4.69, 9.17) is 35.5 Å². The molecule has 1 spiro atoms. The van der Waals surface area contributed by atoms with Gasteiger partial charge < -0.3 is 23.8 Å². The number of aromatic nitrogens is 4.